The number of phenolic OH excluding ortho intramolecular Hbond substituents is 1. The summed E-state index contributed by atoms with van der Waals surface area (Å²) in [5.41, 5.74) is 1.94. The minimum Gasteiger partial charge on any atom is -0.508 e. The van der Waals surface area contributed by atoms with E-state index in [0.717, 1.165) is 0 Å². The molecule has 0 aliphatic carbocycles. The van der Waals surface area contributed by atoms with Crippen LogP contribution in [-0.2, 0) is 4.74 Å². The van der Waals surface area contributed by atoms with Crippen LogP contribution in [0.1, 0.15) is 32.5 Å². The maximum Gasteiger partial charge on any atom is 0.340 e. The molecular weight excluding hydrogens is 398 g/mol. The molecule has 152 valence electrons. The molecule has 5 rings (SSSR count). The molecule has 8 nitrogen and oxygen atoms in total. The van der Waals surface area contributed by atoms with Crippen molar-refractivity contribution >= 4 is 28.5 Å². The third-order valence-electron chi connectivity index (χ3n) is 5.11. The van der Waals surface area contributed by atoms with Gasteiger partial charge in [0, 0.05) is 16.5 Å². The summed E-state index contributed by atoms with van der Waals surface area (Å²) in [6.07, 6.45) is -0.870. The molecule has 1 unspecified atom stereocenters. The number of hydrogen-bond donors (Lipinski definition) is 2. The highest BCUT2D eigenvalue weighted by Crippen LogP contribution is 2.44. The molecule has 2 N–H and O–H groups in total. The summed E-state index contributed by atoms with van der Waals surface area (Å²) >= 11 is 0. The highest BCUT2D eigenvalue weighted by molar-refractivity contribution is 5.98. The number of esters is 1. The first kappa shape index (κ1) is 18.6. The van der Waals surface area contributed by atoms with Crippen LogP contribution in [0.5, 0.6) is 11.6 Å². The molecule has 0 saturated heterocycles. The van der Waals surface area contributed by atoms with Crippen molar-refractivity contribution in [3.63, 3.8) is 0 Å². The number of ether oxygens (including phenoxy) is 1. The standard InChI is InChI=1S/C23H15N3O5/c27-14-11-9-13(10-12-14)20(28)25-24-19-17-7-3-4-8-18(17)26(21(19)29)22-15-5-1-2-6-16(15)23(30)31-22/h1-12,22,27,29H. The number of carbonyl (C=O) groups is 2. The highest BCUT2D eigenvalue weighted by Gasteiger charge is 2.35. The Bertz CT molecular complexity index is 1370. The number of para-hydroxylation sites is 1. The molecule has 1 aliphatic rings. The number of carbonyl (C=O) groups excluding carboxylic acids is 2. The van der Waals surface area contributed by atoms with Crippen LogP contribution in [0.2, 0.25) is 0 Å². The van der Waals surface area contributed by atoms with Crippen LogP contribution in [0.25, 0.3) is 10.9 Å². The molecule has 0 radical (unpaired) electrons. The second-order valence-electron chi connectivity index (χ2n) is 6.96. The Morgan fingerprint density at radius 2 is 1.65 bits per heavy atom. The predicted octanol–water partition coefficient (Wildman–Crippen LogP) is 4.69. The normalized spacial score (nSPS) is 15.4. The van der Waals surface area contributed by atoms with Crippen molar-refractivity contribution in [1.29, 1.82) is 0 Å². The van der Waals surface area contributed by atoms with E-state index in [1.165, 1.54) is 28.8 Å². The Balaban J connectivity index is 1.60. The van der Waals surface area contributed by atoms with Crippen molar-refractivity contribution in [3.8, 4) is 11.6 Å². The summed E-state index contributed by atoms with van der Waals surface area (Å²) in [5.74, 6) is -1.36. The lowest BCUT2D eigenvalue weighted by atomic mass is 10.1. The lowest BCUT2D eigenvalue weighted by Gasteiger charge is -2.15. The number of benzene rings is 3. The van der Waals surface area contributed by atoms with Gasteiger partial charge in [0.2, 0.25) is 12.1 Å². The van der Waals surface area contributed by atoms with Crippen LogP contribution >= 0.6 is 0 Å². The third kappa shape index (κ3) is 3.01. The molecule has 4 aromatic rings. The first-order valence-electron chi connectivity index (χ1n) is 9.41. The molecule has 1 aromatic heterocycles. The SMILES string of the molecule is O=C(N=Nc1c(O)n(C2OC(=O)c3ccccc32)c2ccccc12)c1ccc(O)cc1. The van der Waals surface area contributed by atoms with Crippen molar-refractivity contribution in [2.75, 3.05) is 0 Å². The average Bonchev–Trinajstić information content (AvgIpc) is 3.26. The van der Waals surface area contributed by atoms with Gasteiger partial charge >= 0.3 is 5.97 Å². The summed E-state index contributed by atoms with van der Waals surface area (Å²) in [6.45, 7) is 0. The van der Waals surface area contributed by atoms with E-state index in [1.54, 1.807) is 48.5 Å². The van der Waals surface area contributed by atoms with Gasteiger partial charge in [0.25, 0.3) is 5.91 Å². The minimum atomic E-state index is -0.870. The molecule has 0 bridgehead atoms. The fourth-order valence-corrected chi connectivity index (χ4v) is 3.64. The van der Waals surface area contributed by atoms with Gasteiger partial charge in [0.05, 0.1) is 11.1 Å². The number of azo groups is 1. The van der Waals surface area contributed by atoms with Crippen molar-refractivity contribution in [3.05, 3.63) is 89.5 Å². The van der Waals surface area contributed by atoms with Crippen molar-refractivity contribution < 1.29 is 24.5 Å². The smallest absolute Gasteiger partial charge is 0.340 e. The van der Waals surface area contributed by atoms with Gasteiger partial charge < -0.3 is 14.9 Å². The topological polar surface area (TPSA) is 113 Å². The van der Waals surface area contributed by atoms with E-state index in [1.807, 2.05) is 0 Å². The van der Waals surface area contributed by atoms with E-state index < -0.39 is 18.1 Å². The Labute approximate surface area is 175 Å². The van der Waals surface area contributed by atoms with E-state index in [9.17, 15) is 19.8 Å². The molecule has 2 heterocycles. The van der Waals surface area contributed by atoms with Gasteiger partial charge in [-0.05, 0) is 36.4 Å². The molecule has 3 aromatic carbocycles. The number of amides is 1. The Hall–Kier alpha value is -4.46. The fraction of sp³-hybridized carbons (Fsp3) is 0.0435. The lowest BCUT2D eigenvalue weighted by molar-refractivity contribution is 0.0318. The molecular formula is C23H15N3O5. The summed E-state index contributed by atoms with van der Waals surface area (Å²) in [6, 6.07) is 19.6. The van der Waals surface area contributed by atoms with E-state index >= 15 is 0 Å². The second kappa shape index (κ2) is 7.10. The second-order valence-corrected chi connectivity index (χ2v) is 6.96. The van der Waals surface area contributed by atoms with Crippen LogP contribution in [-0.4, -0.2) is 26.7 Å². The summed E-state index contributed by atoms with van der Waals surface area (Å²) in [5, 5.41) is 28.6. The average molecular weight is 413 g/mol. The van der Waals surface area contributed by atoms with Gasteiger partial charge in [-0.25, -0.2) is 4.79 Å². The van der Waals surface area contributed by atoms with Crippen LogP contribution in [0.4, 0.5) is 5.69 Å². The summed E-state index contributed by atoms with van der Waals surface area (Å²) < 4.78 is 6.98. The number of rotatable bonds is 3. The van der Waals surface area contributed by atoms with Crippen molar-refractivity contribution in [2.45, 2.75) is 6.23 Å². The molecule has 1 atom stereocenters. The minimum absolute atomic E-state index is 0.0283. The van der Waals surface area contributed by atoms with E-state index in [2.05, 4.69) is 10.2 Å². The van der Waals surface area contributed by atoms with Crippen LogP contribution in [0.15, 0.2) is 83.0 Å². The zero-order valence-corrected chi connectivity index (χ0v) is 16.0. The number of aromatic nitrogens is 1. The molecule has 0 spiro atoms. The Morgan fingerprint density at radius 3 is 2.45 bits per heavy atom. The van der Waals surface area contributed by atoms with E-state index in [0.29, 0.717) is 22.0 Å². The number of phenols is 1. The first-order chi connectivity index (χ1) is 15.0. The van der Waals surface area contributed by atoms with Crippen LogP contribution in [0, 0.1) is 0 Å². The number of nitrogens with zero attached hydrogens (tertiary/aromatic N) is 3. The maximum atomic E-state index is 12.3. The number of hydrogen-bond acceptors (Lipinski definition) is 6. The molecule has 1 amide bonds. The maximum absolute atomic E-state index is 12.3. The fourth-order valence-electron chi connectivity index (χ4n) is 3.64. The van der Waals surface area contributed by atoms with Crippen molar-refractivity contribution in [1.82, 2.24) is 4.57 Å². The molecule has 0 saturated carbocycles. The summed E-state index contributed by atoms with van der Waals surface area (Å²) in [7, 11) is 0. The number of cyclic esters (lactones) is 1. The Morgan fingerprint density at radius 1 is 0.935 bits per heavy atom. The van der Waals surface area contributed by atoms with Gasteiger partial charge in [-0.3, -0.25) is 9.36 Å². The van der Waals surface area contributed by atoms with Gasteiger partial charge in [0.15, 0.2) is 5.69 Å². The molecule has 31 heavy (non-hydrogen) atoms. The van der Waals surface area contributed by atoms with Crippen molar-refractivity contribution in [2.24, 2.45) is 10.2 Å². The zero-order valence-electron chi connectivity index (χ0n) is 16.0. The van der Waals surface area contributed by atoms with Gasteiger partial charge in [0.1, 0.15) is 5.75 Å². The quantitative estimate of drug-likeness (QED) is 0.373. The van der Waals surface area contributed by atoms with E-state index in [-0.39, 0.29) is 22.9 Å². The number of fused-ring (bicyclic) bond motifs is 2. The molecule has 0 fully saturated rings. The molecule has 1 aliphatic heterocycles. The first-order valence-corrected chi connectivity index (χ1v) is 9.41. The van der Waals surface area contributed by atoms with Gasteiger partial charge in [-0.1, -0.05) is 36.4 Å². The lowest BCUT2D eigenvalue weighted by Crippen LogP contribution is -2.09. The molecule has 8 heteroatoms. The summed E-state index contributed by atoms with van der Waals surface area (Å²) in [4.78, 5) is 24.6. The largest absolute Gasteiger partial charge is 0.508 e. The highest BCUT2D eigenvalue weighted by atomic mass is 16.6. The third-order valence-corrected chi connectivity index (χ3v) is 5.11. The van der Waals surface area contributed by atoms with Gasteiger partial charge in [-0.2, -0.15) is 0 Å². The zero-order chi connectivity index (χ0) is 21.5. The van der Waals surface area contributed by atoms with Gasteiger partial charge in [-0.15, -0.1) is 10.2 Å². The van der Waals surface area contributed by atoms with Crippen LogP contribution < -0.4 is 0 Å². The predicted molar refractivity (Wildman–Crippen MR) is 111 cm³/mol. The number of aromatic hydroxyl groups is 2. The van der Waals surface area contributed by atoms with Crippen LogP contribution in [0.3, 0.4) is 0 Å². The monoisotopic (exact) mass is 413 g/mol. The van der Waals surface area contributed by atoms with E-state index in [4.69, 9.17) is 4.74 Å². The Kier molecular flexibility index (Phi) is 4.25.